The number of nitrogens with two attached hydrogens (primary N) is 1. The Labute approximate surface area is 114 Å². The molecule has 0 atom stereocenters. The summed E-state index contributed by atoms with van der Waals surface area (Å²) in [5, 5.41) is 8.55. The van der Waals surface area contributed by atoms with Crippen molar-refractivity contribution in [2.45, 2.75) is 17.7 Å². The second kappa shape index (κ2) is 5.58. The Balaban J connectivity index is 3.05. The fourth-order valence-corrected chi connectivity index (χ4v) is 2.83. The Morgan fingerprint density at radius 1 is 1.47 bits per heavy atom. The lowest BCUT2D eigenvalue weighted by atomic mass is 10.2. The van der Waals surface area contributed by atoms with Gasteiger partial charge >= 0.3 is 0 Å². The van der Waals surface area contributed by atoms with Gasteiger partial charge in [-0.15, -0.1) is 0 Å². The molecule has 1 rings (SSSR count). The van der Waals surface area contributed by atoms with Crippen molar-refractivity contribution < 1.29 is 22.3 Å². The van der Waals surface area contributed by atoms with Crippen LogP contribution >= 0.6 is 11.6 Å². The van der Waals surface area contributed by atoms with Gasteiger partial charge < -0.3 is 10.8 Å². The van der Waals surface area contributed by atoms with E-state index in [1.54, 1.807) is 4.72 Å². The van der Waals surface area contributed by atoms with Crippen LogP contribution in [0.15, 0.2) is 17.0 Å². The van der Waals surface area contributed by atoms with Crippen LogP contribution in [0.2, 0.25) is 5.02 Å². The maximum atomic E-state index is 12.8. The molecule has 0 heterocycles. The van der Waals surface area contributed by atoms with E-state index in [0.29, 0.717) is 0 Å². The van der Waals surface area contributed by atoms with Gasteiger partial charge in [-0.3, -0.25) is 0 Å². The molecule has 9 heteroatoms. The summed E-state index contributed by atoms with van der Waals surface area (Å²) in [7, 11) is -4.15. The monoisotopic (exact) mass is 314 g/mol. The summed E-state index contributed by atoms with van der Waals surface area (Å²) in [6, 6.07) is 2.42. The summed E-state index contributed by atoms with van der Waals surface area (Å²) in [5.74, 6) is -3.53. The molecule has 0 saturated carbocycles. The molecule has 4 N–H and O–H groups in total. The maximum Gasteiger partial charge on any atom is 0.283 e. The van der Waals surface area contributed by atoms with Gasteiger partial charge in [-0.25, -0.2) is 21.9 Å². The molecule has 0 saturated heterocycles. The van der Waals surface area contributed by atoms with Crippen LogP contribution < -0.4 is 10.5 Å². The molecule has 0 aliphatic carbocycles. The smallest absolute Gasteiger partial charge is 0.283 e. The molecule has 0 radical (unpaired) electrons. The van der Waals surface area contributed by atoms with Gasteiger partial charge in [0.1, 0.15) is 6.61 Å². The van der Waals surface area contributed by atoms with Crippen LogP contribution in [0.4, 0.5) is 14.5 Å². The van der Waals surface area contributed by atoms with Crippen LogP contribution in [-0.4, -0.2) is 32.6 Å². The summed E-state index contributed by atoms with van der Waals surface area (Å²) in [6.45, 7) is -1.19. The van der Waals surface area contributed by atoms with Crippen LogP contribution in [0.1, 0.15) is 5.56 Å². The number of benzene rings is 1. The number of alkyl halides is 2. The van der Waals surface area contributed by atoms with Gasteiger partial charge in [0.2, 0.25) is 10.0 Å². The first-order chi connectivity index (χ1) is 8.59. The van der Waals surface area contributed by atoms with Gasteiger partial charge in [0.05, 0.1) is 22.2 Å². The second-order valence-electron chi connectivity index (χ2n) is 3.98. The summed E-state index contributed by atoms with van der Waals surface area (Å²) in [5.41, 5.74) is 5.79. The highest BCUT2D eigenvalue weighted by atomic mass is 35.5. The number of rotatable bonds is 5. The number of aliphatic hydroxyl groups is 1. The number of hydrogen-bond donors (Lipinski definition) is 3. The van der Waals surface area contributed by atoms with Crippen molar-refractivity contribution in [3.63, 3.8) is 0 Å². The third-order valence-corrected chi connectivity index (χ3v) is 4.21. The Morgan fingerprint density at radius 3 is 2.58 bits per heavy atom. The van der Waals surface area contributed by atoms with Crippen molar-refractivity contribution in [2.75, 3.05) is 18.9 Å². The highest BCUT2D eigenvalue weighted by Gasteiger charge is 2.30. The molecule has 0 aliphatic heterocycles. The summed E-state index contributed by atoms with van der Waals surface area (Å²) in [6.07, 6.45) is 0. The van der Waals surface area contributed by atoms with E-state index in [-0.39, 0.29) is 21.2 Å². The van der Waals surface area contributed by atoms with Crippen molar-refractivity contribution in [1.82, 2.24) is 4.72 Å². The zero-order valence-electron chi connectivity index (χ0n) is 9.95. The zero-order valence-corrected chi connectivity index (χ0v) is 11.5. The molecule has 0 spiro atoms. The predicted molar refractivity (Wildman–Crippen MR) is 67.8 cm³/mol. The molecule has 5 nitrogen and oxygen atoms in total. The number of anilines is 1. The van der Waals surface area contributed by atoms with E-state index >= 15 is 0 Å². The average molecular weight is 315 g/mol. The van der Waals surface area contributed by atoms with E-state index in [9.17, 15) is 17.2 Å². The molecule has 0 unspecified atom stereocenters. The SMILES string of the molecule is Cc1cc(Cl)c(N)cc1S(=O)(=O)NCC(F)(F)CO. The van der Waals surface area contributed by atoms with Crippen LogP contribution in [0.3, 0.4) is 0 Å². The first-order valence-corrected chi connectivity index (χ1v) is 6.99. The minimum Gasteiger partial charge on any atom is -0.397 e. The molecule has 0 aromatic heterocycles. The van der Waals surface area contributed by atoms with E-state index < -0.39 is 29.1 Å². The number of nitrogens with one attached hydrogen (secondary N) is 1. The fourth-order valence-electron chi connectivity index (χ4n) is 1.29. The summed E-state index contributed by atoms with van der Waals surface area (Å²) in [4.78, 5) is -0.233. The summed E-state index contributed by atoms with van der Waals surface area (Å²) < 4.78 is 51.1. The minimum atomic E-state index is -4.15. The van der Waals surface area contributed by atoms with Gasteiger partial charge in [-0.05, 0) is 24.6 Å². The Bertz CT molecular complexity index is 578. The van der Waals surface area contributed by atoms with Crippen molar-refractivity contribution in [3.05, 3.63) is 22.7 Å². The minimum absolute atomic E-state index is 0.0292. The molecule has 0 bridgehead atoms. The van der Waals surface area contributed by atoms with Crippen molar-refractivity contribution >= 4 is 27.3 Å². The molecule has 108 valence electrons. The first kappa shape index (κ1) is 16.1. The van der Waals surface area contributed by atoms with Crippen LogP contribution in [0, 0.1) is 6.92 Å². The molecule has 19 heavy (non-hydrogen) atoms. The Hall–Kier alpha value is -0.960. The number of aliphatic hydroxyl groups excluding tert-OH is 1. The van der Waals surface area contributed by atoms with E-state index in [0.717, 1.165) is 6.07 Å². The second-order valence-corrected chi connectivity index (χ2v) is 6.12. The lowest BCUT2D eigenvalue weighted by Crippen LogP contribution is -2.39. The number of aryl methyl sites for hydroxylation is 1. The van der Waals surface area contributed by atoms with E-state index in [2.05, 4.69) is 0 Å². The lowest BCUT2D eigenvalue weighted by molar-refractivity contribution is -0.0437. The van der Waals surface area contributed by atoms with Gasteiger partial charge in [0, 0.05) is 0 Å². The zero-order chi connectivity index (χ0) is 14.8. The molecular weight excluding hydrogens is 302 g/mol. The van der Waals surface area contributed by atoms with E-state index in [4.69, 9.17) is 22.4 Å². The van der Waals surface area contributed by atoms with Crippen LogP contribution in [0.25, 0.3) is 0 Å². The topological polar surface area (TPSA) is 92.4 Å². The Kier molecular flexibility index (Phi) is 4.72. The maximum absolute atomic E-state index is 12.8. The summed E-state index contributed by atoms with van der Waals surface area (Å²) >= 11 is 5.71. The average Bonchev–Trinajstić information content (AvgIpc) is 2.31. The third-order valence-electron chi connectivity index (χ3n) is 2.34. The molecule has 0 aliphatic rings. The number of sulfonamides is 1. The van der Waals surface area contributed by atoms with Gasteiger partial charge in [-0.2, -0.15) is 0 Å². The number of hydrogen-bond acceptors (Lipinski definition) is 4. The largest absolute Gasteiger partial charge is 0.397 e. The van der Waals surface area contributed by atoms with Gasteiger partial charge in [0.15, 0.2) is 0 Å². The van der Waals surface area contributed by atoms with E-state index in [1.165, 1.54) is 13.0 Å². The predicted octanol–water partition coefficient (Wildman–Crippen LogP) is 1.14. The van der Waals surface area contributed by atoms with Crippen molar-refractivity contribution in [3.8, 4) is 0 Å². The number of halogens is 3. The van der Waals surface area contributed by atoms with Crippen LogP contribution in [0.5, 0.6) is 0 Å². The molecule has 1 aromatic carbocycles. The normalized spacial score (nSPS) is 12.7. The standard InChI is InChI=1S/C10H13ClF2N2O3S/c1-6-2-7(11)8(14)3-9(6)19(17,18)15-4-10(12,13)5-16/h2-3,15-16H,4-5,14H2,1H3. The fraction of sp³-hybridized carbons (Fsp3) is 0.400. The quantitative estimate of drug-likeness (QED) is 0.711. The molecular formula is C10H13ClF2N2O3S. The van der Waals surface area contributed by atoms with E-state index in [1.807, 2.05) is 0 Å². The van der Waals surface area contributed by atoms with Crippen molar-refractivity contribution in [2.24, 2.45) is 0 Å². The molecule has 1 aromatic rings. The first-order valence-electron chi connectivity index (χ1n) is 5.13. The van der Waals surface area contributed by atoms with Gasteiger partial charge in [0.25, 0.3) is 5.92 Å². The lowest BCUT2D eigenvalue weighted by Gasteiger charge is -2.15. The highest BCUT2D eigenvalue weighted by Crippen LogP contribution is 2.26. The van der Waals surface area contributed by atoms with Gasteiger partial charge in [-0.1, -0.05) is 11.6 Å². The third kappa shape index (κ3) is 4.00. The number of nitrogen functional groups attached to an aromatic ring is 1. The highest BCUT2D eigenvalue weighted by molar-refractivity contribution is 7.89. The molecule has 0 fully saturated rings. The Morgan fingerprint density at radius 2 is 2.05 bits per heavy atom. The molecule has 0 amide bonds. The van der Waals surface area contributed by atoms with Crippen molar-refractivity contribution in [1.29, 1.82) is 0 Å². The van der Waals surface area contributed by atoms with Crippen LogP contribution in [-0.2, 0) is 10.0 Å².